The first kappa shape index (κ1) is 17.5. The van der Waals surface area contributed by atoms with Gasteiger partial charge in [0.2, 0.25) is 0 Å². The minimum Gasteiger partial charge on any atom is -0.481 e. The van der Waals surface area contributed by atoms with Gasteiger partial charge in [-0.25, -0.2) is 5.43 Å². The third-order valence-electron chi connectivity index (χ3n) is 0.878. The Morgan fingerprint density at radius 3 is 1.83 bits per heavy atom. The summed E-state index contributed by atoms with van der Waals surface area (Å²) < 4.78 is 0. The van der Waals surface area contributed by atoms with E-state index in [1.165, 1.54) is 0 Å². The number of hydrogen-bond donors (Lipinski definition) is 4. The Morgan fingerprint density at radius 1 is 1.33 bits per heavy atom. The molecule has 8 heteroatoms. The van der Waals surface area contributed by atoms with Crippen molar-refractivity contribution in [3.63, 3.8) is 0 Å². The first-order chi connectivity index (χ1) is 4.57. The average Bonchev–Trinajstić information content (AvgIpc) is 1.81. The van der Waals surface area contributed by atoms with Gasteiger partial charge in [0, 0.05) is 0 Å². The predicted octanol–water partition coefficient (Wildman–Crippen LogP) is -0.779. The third kappa shape index (κ3) is 7.55. The van der Waals surface area contributed by atoms with Crippen LogP contribution in [0, 0.1) is 0 Å². The molecule has 0 aliphatic carbocycles. The predicted molar refractivity (Wildman–Crippen MR) is 45.5 cm³/mol. The maximum absolute atomic E-state index is 10.1. The molecule has 0 unspecified atom stereocenters. The number of carbonyl (C=O) groups is 2. The molecule has 0 rings (SSSR count). The van der Waals surface area contributed by atoms with Crippen molar-refractivity contribution in [1.82, 2.24) is 5.43 Å². The van der Waals surface area contributed by atoms with Gasteiger partial charge in [-0.1, -0.05) is 0 Å². The zero-order valence-corrected chi connectivity index (χ0v) is 7.52. The Balaban J connectivity index is -0.000000405. The number of nitrogens with one attached hydrogen (secondary N) is 1. The van der Waals surface area contributed by atoms with Crippen LogP contribution in [0.4, 0.5) is 0 Å². The van der Waals surface area contributed by atoms with Crippen LogP contribution in [-0.4, -0.2) is 28.2 Å². The van der Waals surface area contributed by atoms with Crippen molar-refractivity contribution in [2.24, 2.45) is 5.84 Å². The van der Waals surface area contributed by atoms with Crippen molar-refractivity contribution in [3.05, 3.63) is 0 Å². The summed E-state index contributed by atoms with van der Waals surface area (Å²) in [6.45, 7) is 0. The van der Waals surface area contributed by atoms with Gasteiger partial charge in [-0.3, -0.25) is 15.4 Å². The Kier molecular flexibility index (Phi) is 12.5. The van der Waals surface area contributed by atoms with Crippen LogP contribution in [0.2, 0.25) is 0 Å². The van der Waals surface area contributed by atoms with Crippen molar-refractivity contribution in [1.29, 1.82) is 0 Å². The highest BCUT2D eigenvalue weighted by Gasteiger charge is 2.18. The van der Waals surface area contributed by atoms with E-state index in [1.807, 2.05) is 5.43 Å². The normalized spacial score (nSPS) is 10.4. The standard InChI is InChI=1S/C4H8N2O4.2ClH/c5-6-2(4(9)10)1-3(7)8;;/h2,6H,1,5H2,(H,7,8)(H,9,10);2*1H/t2-;;/m0../s1. The zero-order valence-electron chi connectivity index (χ0n) is 5.89. The summed E-state index contributed by atoms with van der Waals surface area (Å²) in [4.78, 5) is 20.0. The lowest BCUT2D eigenvalue weighted by Gasteiger charge is -2.05. The van der Waals surface area contributed by atoms with E-state index in [1.54, 1.807) is 0 Å². The van der Waals surface area contributed by atoms with E-state index in [0.717, 1.165) is 0 Å². The fourth-order valence-electron chi connectivity index (χ4n) is 0.392. The van der Waals surface area contributed by atoms with Crippen LogP contribution < -0.4 is 11.3 Å². The van der Waals surface area contributed by atoms with E-state index >= 15 is 0 Å². The highest BCUT2D eigenvalue weighted by atomic mass is 35.5. The van der Waals surface area contributed by atoms with Crippen LogP contribution in [0.25, 0.3) is 0 Å². The molecule has 0 bridgehead atoms. The Morgan fingerprint density at radius 2 is 1.75 bits per heavy atom. The molecule has 0 aromatic rings. The van der Waals surface area contributed by atoms with Gasteiger partial charge >= 0.3 is 11.9 Å². The molecule has 0 heterocycles. The SMILES string of the molecule is Cl.Cl.NN[C@@H](CC(=O)O)C(=O)O. The fraction of sp³-hybridized carbons (Fsp3) is 0.500. The van der Waals surface area contributed by atoms with E-state index in [-0.39, 0.29) is 24.8 Å². The van der Waals surface area contributed by atoms with Gasteiger partial charge in [-0.05, 0) is 0 Å². The lowest BCUT2D eigenvalue weighted by Crippen LogP contribution is -2.42. The largest absolute Gasteiger partial charge is 0.481 e. The zero-order chi connectivity index (χ0) is 8.15. The van der Waals surface area contributed by atoms with Crippen molar-refractivity contribution < 1.29 is 19.8 Å². The van der Waals surface area contributed by atoms with Gasteiger partial charge in [0.05, 0.1) is 6.42 Å². The van der Waals surface area contributed by atoms with Gasteiger partial charge in [-0.2, -0.15) is 0 Å². The molecule has 12 heavy (non-hydrogen) atoms. The summed E-state index contributed by atoms with van der Waals surface area (Å²) in [6.07, 6.45) is -0.522. The van der Waals surface area contributed by atoms with Crippen molar-refractivity contribution in [2.45, 2.75) is 12.5 Å². The van der Waals surface area contributed by atoms with Crippen LogP contribution in [0.3, 0.4) is 0 Å². The number of nitrogens with two attached hydrogens (primary N) is 1. The first-order valence-electron chi connectivity index (χ1n) is 2.48. The Labute approximate surface area is 80.9 Å². The number of aliphatic carboxylic acids is 2. The summed E-state index contributed by atoms with van der Waals surface area (Å²) in [5.74, 6) is 2.25. The molecular formula is C4H10Cl2N2O4. The van der Waals surface area contributed by atoms with Gasteiger partial charge in [-0.15, -0.1) is 24.8 Å². The summed E-state index contributed by atoms with van der Waals surface area (Å²) in [5.41, 5.74) is 1.85. The maximum Gasteiger partial charge on any atom is 0.322 e. The topological polar surface area (TPSA) is 113 Å². The van der Waals surface area contributed by atoms with Crippen molar-refractivity contribution in [2.75, 3.05) is 0 Å². The highest BCUT2D eigenvalue weighted by molar-refractivity contribution is 5.85. The quantitative estimate of drug-likeness (QED) is 0.366. The number of hydrogen-bond acceptors (Lipinski definition) is 4. The average molecular weight is 221 g/mol. The molecule has 0 amide bonds. The van der Waals surface area contributed by atoms with Crippen LogP contribution in [0.15, 0.2) is 0 Å². The summed E-state index contributed by atoms with van der Waals surface area (Å²) in [5, 5.41) is 16.3. The van der Waals surface area contributed by atoms with Gasteiger partial charge < -0.3 is 10.2 Å². The number of rotatable bonds is 4. The molecule has 0 saturated carbocycles. The molecule has 0 spiro atoms. The summed E-state index contributed by atoms with van der Waals surface area (Å²) in [6, 6.07) is -1.21. The number of carboxylic acid groups (broad SMARTS) is 2. The molecule has 1 atom stereocenters. The molecule has 0 aliphatic rings. The second-order valence-corrected chi connectivity index (χ2v) is 1.66. The Bertz CT molecular complexity index is 154. The summed E-state index contributed by atoms with van der Waals surface area (Å²) >= 11 is 0. The second-order valence-electron chi connectivity index (χ2n) is 1.66. The minimum absolute atomic E-state index is 0. The smallest absolute Gasteiger partial charge is 0.322 e. The van der Waals surface area contributed by atoms with E-state index in [2.05, 4.69) is 0 Å². The van der Waals surface area contributed by atoms with Crippen LogP contribution in [0.1, 0.15) is 6.42 Å². The molecule has 0 saturated heterocycles. The third-order valence-corrected chi connectivity index (χ3v) is 0.878. The van der Waals surface area contributed by atoms with E-state index in [9.17, 15) is 9.59 Å². The van der Waals surface area contributed by atoms with E-state index in [4.69, 9.17) is 16.1 Å². The molecule has 5 N–H and O–H groups in total. The first-order valence-corrected chi connectivity index (χ1v) is 2.48. The monoisotopic (exact) mass is 220 g/mol. The maximum atomic E-state index is 10.1. The molecular weight excluding hydrogens is 211 g/mol. The molecule has 74 valence electrons. The lowest BCUT2D eigenvalue weighted by molar-refractivity contribution is -0.145. The molecule has 0 aromatic carbocycles. The van der Waals surface area contributed by atoms with E-state index < -0.39 is 24.4 Å². The van der Waals surface area contributed by atoms with Crippen molar-refractivity contribution >= 4 is 36.8 Å². The molecule has 0 aromatic heterocycles. The van der Waals surface area contributed by atoms with Crippen LogP contribution >= 0.6 is 24.8 Å². The molecule has 0 radical (unpaired) electrons. The number of halogens is 2. The Hall–Kier alpha value is -0.560. The van der Waals surface area contributed by atoms with Gasteiger partial charge in [0.25, 0.3) is 0 Å². The molecule has 0 fully saturated rings. The lowest BCUT2D eigenvalue weighted by atomic mass is 10.2. The van der Waals surface area contributed by atoms with Crippen LogP contribution in [0.5, 0.6) is 0 Å². The van der Waals surface area contributed by atoms with Gasteiger partial charge in [0.15, 0.2) is 0 Å². The van der Waals surface area contributed by atoms with Crippen molar-refractivity contribution in [3.8, 4) is 0 Å². The second kappa shape index (κ2) is 8.54. The number of hydrazine groups is 1. The fourth-order valence-corrected chi connectivity index (χ4v) is 0.392. The molecule has 0 aliphatic heterocycles. The summed E-state index contributed by atoms with van der Waals surface area (Å²) in [7, 11) is 0. The van der Waals surface area contributed by atoms with E-state index in [0.29, 0.717) is 0 Å². The molecule has 6 nitrogen and oxygen atoms in total. The highest BCUT2D eigenvalue weighted by Crippen LogP contribution is 1.89. The number of carboxylic acids is 2. The van der Waals surface area contributed by atoms with Crippen LogP contribution in [-0.2, 0) is 9.59 Å². The minimum atomic E-state index is -1.27. The van der Waals surface area contributed by atoms with Gasteiger partial charge in [0.1, 0.15) is 6.04 Å².